The van der Waals surface area contributed by atoms with Crippen molar-refractivity contribution in [2.45, 2.75) is 24.4 Å². The minimum atomic E-state index is -0.433. The van der Waals surface area contributed by atoms with Gasteiger partial charge in [-0.2, -0.15) is 5.26 Å². The highest BCUT2D eigenvalue weighted by Crippen LogP contribution is 2.25. The van der Waals surface area contributed by atoms with E-state index in [1.165, 1.54) is 27.0 Å². The summed E-state index contributed by atoms with van der Waals surface area (Å²) in [6.07, 6.45) is 0. The van der Waals surface area contributed by atoms with Gasteiger partial charge in [-0.1, -0.05) is 42.1 Å². The van der Waals surface area contributed by atoms with Crippen LogP contribution in [0.2, 0.25) is 0 Å². The number of para-hydroxylation sites is 2. The van der Waals surface area contributed by atoms with E-state index in [9.17, 15) is 19.2 Å². The molecular formula is C26H18FN5O2S. The number of hydrogen-bond acceptors (Lipinski definition) is 6. The minimum Gasteiger partial charge on any atom is -0.281 e. The Kier molecular flexibility index (Phi) is 5.89. The van der Waals surface area contributed by atoms with Crippen LogP contribution in [0.15, 0.2) is 81.5 Å². The molecular weight excluding hydrogens is 465 g/mol. The Morgan fingerprint density at radius 2 is 1.60 bits per heavy atom. The van der Waals surface area contributed by atoms with Crippen LogP contribution in [-0.2, 0) is 12.3 Å². The summed E-state index contributed by atoms with van der Waals surface area (Å²) in [5.74, 6) is 0.114. The first-order valence-electron chi connectivity index (χ1n) is 10.7. The molecule has 7 nitrogen and oxygen atoms in total. The maximum Gasteiger partial charge on any atom is 0.266 e. The number of aryl methyl sites for hydroxylation is 1. The summed E-state index contributed by atoms with van der Waals surface area (Å²) in [6, 6.07) is 20.5. The fourth-order valence-corrected chi connectivity index (χ4v) is 4.80. The fourth-order valence-electron chi connectivity index (χ4n) is 3.84. The lowest BCUT2D eigenvalue weighted by Crippen LogP contribution is -2.25. The summed E-state index contributed by atoms with van der Waals surface area (Å²) in [4.78, 5) is 35.7. The SMILES string of the molecule is Cc1ccc(-n2c(SCc3nc4ccccc4c(=O)n3CC#N)nc3ccccc3c2=O)cc1F. The molecule has 172 valence electrons. The van der Waals surface area contributed by atoms with E-state index in [1.54, 1.807) is 67.6 Å². The third-order valence-electron chi connectivity index (χ3n) is 5.66. The van der Waals surface area contributed by atoms with Gasteiger partial charge in [-0.15, -0.1) is 0 Å². The van der Waals surface area contributed by atoms with Gasteiger partial charge in [0.1, 0.15) is 18.2 Å². The summed E-state index contributed by atoms with van der Waals surface area (Å²) in [7, 11) is 0. The van der Waals surface area contributed by atoms with E-state index >= 15 is 0 Å². The zero-order chi connectivity index (χ0) is 24.5. The van der Waals surface area contributed by atoms with E-state index < -0.39 is 5.82 Å². The van der Waals surface area contributed by atoms with Crippen LogP contribution in [0.1, 0.15) is 11.4 Å². The van der Waals surface area contributed by atoms with Crippen molar-refractivity contribution in [2.24, 2.45) is 0 Å². The predicted molar refractivity (Wildman–Crippen MR) is 133 cm³/mol. The zero-order valence-electron chi connectivity index (χ0n) is 18.6. The molecule has 35 heavy (non-hydrogen) atoms. The molecule has 3 aromatic carbocycles. The van der Waals surface area contributed by atoms with Gasteiger partial charge in [-0.05, 0) is 48.9 Å². The molecule has 5 rings (SSSR count). The summed E-state index contributed by atoms with van der Waals surface area (Å²) < 4.78 is 17.1. The summed E-state index contributed by atoms with van der Waals surface area (Å²) in [5, 5.41) is 10.4. The van der Waals surface area contributed by atoms with Crippen molar-refractivity contribution < 1.29 is 4.39 Å². The van der Waals surface area contributed by atoms with Crippen LogP contribution >= 0.6 is 11.8 Å². The first-order chi connectivity index (χ1) is 17.0. The molecule has 0 aliphatic heterocycles. The molecule has 0 aliphatic carbocycles. The van der Waals surface area contributed by atoms with E-state index in [0.29, 0.717) is 44.0 Å². The van der Waals surface area contributed by atoms with Crippen molar-refractivity contribution in [1.29, 1.82) is 5.26 Å². The van der Waals surface area contributed by atoms with Crippen molar-refractivity contribution in [1.82, 2.24) is 19.1 Å². The molecule has 9 heteroatoms. The number of fused-ring (bicyclic) bond motifs is 2. The van der Waals surface area contributed by atoms with Crippen LogP contribution in [0.5, 0.6) is 0 Å². The molecule has 0 spiro atoms. The third kappa shape index (κ3) is 4.09. The van der Waals surface area contributed by atoms with E-state index in [0.717, 1.165) is 0 Å². The Balaban J connectivity index is 1.66. The van der Waals surface area contributed by atoms with Gasteiger partial charge in [0.05, 0.1) is 39.3 Å². The first-order valence-corrected chi connectivity index (χ1v) is 11.7. The summed E-state index contributed by atoms with van der Waals surface area (Å²) >= 11 is 1.19. The topological polar surface area (TPSA) is 93.6 Å². The van der Waals surface area contributed by atoms with Crippen LogP contribution < -0.4 is 11.1 Å². The van der Waals surface area contributed by atoms with Crippen LogP contribution in [-0.4, -0.2) is 19.1 Å². The van der Waals surface area contributed by atoms with Crippen molar-refractivity contribution in [2.75, 3.05) is 0 Å². The smallest absolute Gasteiger partial charge is 0.266 e. The van der Waals surface area contributed by atoms with E-state index in [4.69, 9.17) is 0 Å². The minimum absolute atomic E-state index is 0.159. The Labute approximate surface area is 203 Å². The summed E-state index contributed by atoms with van der Waals surface area (Å²) in [6.45, 7) is 1.49. The second-order valence-corrected chi connectivity index (χ2v) is 8.81. The van der Waals surface area contributed by atoms with Gasteiger partial charge in [-0.25, -0.2) is 14.4 Å². The monoisotopic (exact) mass is 483 g/mol. The molecule has 0 unspecified atom stereocenters. The van der Waals surface area contributed by atoms with E-state index in [1.807, 2.05) is 6.07 Å². The molecule has 0 saturated heterocycles. The Hall–Kier alpha value is -4.29. The predicted octanol–water partition coefficient (Wildman–Crippen LogP) is 4.36. The van der Waals surface area contributed by atoms with Crippen molar-refractivity contribution in [3.63, 3.8) is 0 Å². The van der Waals surface area contributed by atoms with Crippen molar-refractivity contribution in [3.8, 4) is 11.8 Å². The molecule has 2 aromatic heterocycles. The molecule has 0 fully saturated rings. The normalized spacial score (nSPS) is 11.1. The number of nitrogens with zero attached hydrogens (tertiary/aromatic N) is 5. The Morgan fingerprint density at radius 3 is 2.29 bits per heavy atom. The van der Waals surface area contributed by atoms with Gasteiger partial charge < -0.3 is 0 Å². The van der Waals surface area contributed by atoms with Gasteiger partial charge in [-0.3, -0.25) is 18.7 Å². The lowest BCUT2D eigenvalue weighted by molar-refractivity contribution is 0.615. The lowest BCUT2D eigenvalue weighted by atomic mass is 10.2. The Morgan fingerprint density at radius 1 is 0.943 bits per heavy atom. The average Bonchev–Trinajstić information content (AvgIpc) is 2.87. The number of nitriles is 1. The maximum atomic E-state index is 14.4. The molecule has 5 aromatic rings. The highest BCUT2D eigenvalue weighted by Gasteiger charge is 2.17. The molecule has 0 atom stereocenters. The molecule has 0 bridgehead atoms. The number of hydrogen-bond donors (Lipinski definition) is 0. The lowest BCUT2D eigenvalue weighted by Gasteiger charge is -2.15. The van der Waals surface area contributed by atoms with Crippen molar-refractivity contribution >= 4 is 33.6 Å². The van der Waals surface area contributed by atoms with Gasteiger partial charge >= 0.3 is 0 Å². The van der Waals surface area contributed by atoms with Crippen LogP contribution in [0, 0.1) is 24.1 Å². The van der Waals surface area contributed by atoms with Crippen LogP contribution in [0.3, 0.4) is 0 Å². The number of aromatic nitrogens is 4. The number of thioether (sulfide) groups is 1. The largest absolute Gasteiger partial charge is 0.281 e. The second kappa shape index (κ2) is 9.16. The zero-order valence-corrected chi connectivity index (χ0v) is 19.4. The quantitative estimate of drug-likeness (QED) is 0.272. The van der Waals surface area contributed by atoms with Gasteiger partial charge in [0, 0.05) is 0 Å². The standard InChI is InChI=1S/C26H18FN5O2S/c1-16-10-11-17(14-20(16)27)32-25(34)19-7-3-5-9-22(19)30-26(32)35-15-23-29-21-8-4-2-6-18(21)24(33)31(23)13-12-28/h2-11,14H,13,15H2,1H3. The van der Waals surface area contributed by atoms with Gasteiger partial charge in [0.25, 0.3) is 11.1 Å². The highest BCUT2D eigenvalue weighted by atomic mass is 32.2. The van der Waals surface area contributed by atoms with Gasteiger partial charge in [0.2, 0.25) is 0 Å². The van der Waals surface area contributed by atoms with E-state index in [2.05, 4.69) is 9.97 Å². The third-order valence-corrected chi connectivity index (χ3v) is 6.59. The summed E-state index contributed by atoms with van der Waals surface area (Å²) in [5.41, 5.74) is 1.20. The average molecular weight is 484 g/mol. The molecule has 0 saturated carbocycles. The number of halogens is 1. The van der Waals surface area contributed by atoms with Crippen LogP contribution in [0.4, 0.5) is 4.39 Å². The molecule has 0 radical (unpaired) electrons. The number of rotatable bonds is 5. The molecule has 0 N–H and O–H groups in total. The molecule has 0 amide bonds. The molecule has 0 aliphatic rings. The number of benzene rings is 3. The second-order valence-electron chi connectivity index (χ2n) is 7.87. The maximum absolute atomic E-state index is 14.4. The van der Waals surface area contributed by atoms with Crippen LogP contribution in [0.25, 0.3) is 27.5 Å². The van der Waals surface area contributed by atoms with Crippen molar-refractivity contribution in [3.05, 3.63) is 105 Å². The fraction of sp³-hybridized carbons (Fsp3) is 0.115. The Bertz CT molecular complexity index is 1770. The highest BCUT2D eigenvalue weighted by molar-refractivity contribution is 7.98. The van der Waals surface area contributed by atoms with Gasteiger partial charge in [0.15, 0.2) is 5.16 Å². The van der Waals surface area contributed by atoms with E-state index in [-0.39, 0.29) is 23.4 Å². The molecule has 2 heterocycles. The first kappa shape index (κ1) is 22.5.